The lowest BCUT2D eigenvalue weighted by atomic mass is 10.6. The molecule has 4 heteroatoms. The van der Waals surface area contributed by atoms with Crippen molar-refractivity contribution in [3.63, 3.8) is 0 Å². The number of rotatable bonds is 3. The Morgan fingerprint density at radius 2 is 2.33 bits per heavy atom. The predicted molar refractivity (Wildman–Crippen MR) is 36.2 cm³/mol. The van der Waals surface area contributed by atoms with Crippen LogP contribution < -0.4 is 5.84 Å². The molecule has 0 unspecified atom stereocenters. The van der Waals surface area contributed by atoms with Gasteiger partial charge in [0.1, 0.15) is 0 Å². The van der Waals surface area contributed by atoms with Crippen LogP contribution in [-0.4, -0.2) is 11.7 Å². The van der Waals surface area contributed by atoms with Crippen molar-refractivity contribution in [1.29, 1.82) is 0 Å². The summed E-state index contributed by atoms with van der Waals surface area (Å²) in [5.74, 6) is 5.28. The maximum atomic E-state index is 5.28. The van der Waals surface area contributed by atoms with E-state index < -0.39 is 0 Å². The van der Waals surface area contributed by atoms with Gasteiger partial charge in [0, 0.05) is 5.70 Å². The van der Waals surface area contributed by atoms with Gasteiger partial charge in [-0.3, -0.25) is 0 Å². The predicted octanol–water partition coefficient (Wildman–Crippen LogP) is 1.08. The zero-order valence-electron chi connectivity index (χ0n) is 5.83. The Hall–Kier alpha value is -0.900. The molecule has 0 saturated carbocycles. The van der Waals surface area contributed by atoms with Crippen molar-refractivity contribution in [2.24, 2.45) is 16.2 Å². The lowest BCUT2D eigenvalue weighted by molar-refractivity contribution is 0.353. The van der Waals surface area contributed by atoms with Gasteiger partial charge >= 0.3 is 0 Å². The molecule has 0 fully saturated rings. The molecular weight excluding hydrogens is 116 g/mol. The molecule has 0 heterocycles. The van der Waals surface area contributed by atoms with Crippen LogP contribution in [0.5, 0.6) is 0 Å². The largest absolute Gasteiger partial charge is 0.225 e. The highest BCUT2D eigenvalue weighted by atomic mass is 15.7. The SMILES string of the molecule is C=C(C)N(N)/N=N\CC. The second-order valence-electron chi connectivity index (χ2n) is 1.63. The lowest BCUT2D eigenvalue weighted by Crippen LogP contribution is -2.21. The molecule has 0 aromatic rings. The average molecular weight is 128 g/mol. The summed E-state index contributed by atoms with van der Waals surface area (Å²) in [5, 5.41) is 8.38. The van der Waals surface area contributed by atoms with E-state index in [1.165, 1.54) is 0 Å². The van der Waals surface area contributed by atoms with Crippen molar-refractivity contribution in [2.75, 3.05) is 6.54 Å². The minimum absolute atomic E-state index is 0.640. The maximum Gasteiger partial charge on any atom is 0.0592 e. The standard InChI is InChI=1S/C5H12N4/c1-4-7-8-9(6)5(2)3/h2,4,6H2,1,3H3/b8-7-. The number of hydrazine groups is 1. The van der Waals surface area contributed by atoms with E-state index in [9.17, 15) is 0 Å². The summed E-state index contributed by atoms with van der Waals surface area (Å²) >= 11 is 0. The normalized spacial score (nSPS) is 10.1. The molecule has 0 saturated heterocycles. The third kappa shape index (κ3) is 3.66. The third-order valence-corrected chi connectivity index (χ3v) is 0.692. The summed E-state index contributed by atoms with van der Waals surface area (Å²) in [5.41, 5.74) is 0.673. The molecule has 0 aromatic heterocycles. The van der Waals surface area contributed by atoms with Gasteiger partial charge in [-0.25, -0.2) is 5.84 Å². The van der Waals surface area contributed by atoms with Gasteiger partial charge in [0.15, 0.2) is 0 Å². The molecule has 0 atom stereocenters. The summed E-state index contributed by atoms with van der Waals surface area (Å²) in [4.78, 5) is 0. The minimum atomic E-state index is 0.640. The molecule has 9 heavy (non-hydrogen) atoms. The zero-order valence-corrected chi connectivity index (χ0v) is 5.83. The number of nitrogens with two attached hydrogens (primary N) is 1. The first-order valence-electron chi connectivity index (χ1n) is 2.76. The van der Waals surface area contributed by atoms with Gasteiger partial charge in [0.05, 0.1) is 6.54 Å². The van der Waals surface area contributed by atoms with Crippen molar-refractivity contribution in [3.05, 3.63) is 12.3 Å². The monoisotopic (exact) mass is 128 g/mol. The van der Waals surface area contributed by atoms with Crippen LogP contribution in [0.1, 0.15) is 13.8 Å². The van der Waals surface area contributed by atoms with Gasteiger partial charge in [-0.15, -0.1) is 0 Å². The minimum Gasteiger partial charge on any atom is -0.225 e. The van der Waals surface area contributed by atoms with E-state index in [1.54, 1.807) is 6.92 Å². The molecule has 52 valence electrons. The molecule has 0 spiro atoms. The first kappa shape index (κ1) is 8.10. The van der Waals surface area contributed by atoms with Gasteiger partial charge < -0.3 is 0 Å². The second-order valence-corrected chi connectivity index (χ2v) is 1.63. The molecule has 0 aromatic carbocycles. The molecule has 0 aliphatic rings. The Kier molecular flexibility index (Phi) is 3.62. The molecule has 0 rings (SSSR count). The summed E-state index contributed by atoms with van der Waals surface area (Å²) in [7, 11) is 0. The fourth-order valence-corrected chi connectivity index (χ4v) is 0.208. The van der Waals surface area contributed by atoms with Crippen LogP contribution in [0.2, 0.25) is 0 Å². The van der Waals surface area contributed by atoms with Crippen molar-refractivity contribution in [2.45, 2.75) is 13.8 Å². The Morgan fingerprint density at radius 1 is 1.78 bits per heavy atom. The first-order chi connectivity index (χ1) is 4.18. The third-order valence-electron chi connectivity index (χ3n) is 0.692. The Morgan fingerprint density at radius 3 is 2.67 bits per heavy atom. The van der Waals surface area contributed by atoms with E-state index in [-0.39, 0.29) is 0 Å². The summed E-state index contributed by atoms with van der Waals surface area (Å²) < 4.78 is 0. The summed E-state index contributed by atoms with van der Waals surface area (Å²) in [6.07, 6.45) is 0. The van der Waals surface area contributed by atoms with Crippen molar-refractivity contribution < 1.29 is 0 Å². The van der Waals surface area contributed by atoms with Crippen LogP contribution in [0, 0.1) is 0 Å². The Bertz CT molecular complexity index is 118. The highest BCUT2D eigenvalue weighted by Gasteiger charge is 1.89. The Balaban J connectivity index is 3.62. The van der Waals surface area contributed by atoms with Crippen LogP contribution >= 0.6 is 0 Å². The lowest BCUT2D eigenvalue weighted by Gasteiger charge is -2.07. The Labute approximate surface area is 55.0 Å². The molecule has 0 amide bonds. The average Bonchev–Trinajstić information content (AvgIpc) is 1.82. The first-order valence-corrected chi connectivity index (χ1v) is 2.76. The van der Waals surface area contributed by atoms with Gasteiger partial charge in [-0.05, 0) is 13.8 Å². The molecule has 0 radical (unpaired) electrons. The van der Waals surface area contributed by atoms with Gasteiger partial charge in [0.2, 0.25) is 0 Å². The van der Waals surface area contributed by atoms with E-state index in [4.69, 9.17) is 5.84 Å². The highest BCUT2D eigenvalue weighted by Crippen LogP contribution is 1.92. The number of hydrogen-bond donors (Lipinski definition) is 1. The number of hydrogen-bond acceptors (Lipinski definition) is 3. The van der Waals surface area contributed by atoms with E-state index in [1.807, 2.05) is 6.92 Å². The topological polar surface area (TPSA) is 54.0 Å². The summed E-state index contributed by atoms with van der Waals surface area (Å²) in [6.45, 7) is 7.84. The van der Waals surface area contributed by atoms with Crippen molar-refractivity contribution >= 4 is 0 Å². The number of allylic oxidation sites excluding steroid dienone is 1. The van der Waals surface area contributed by atoms with Crippen LogP contribution in [0.25, 0.3) is 0 Å². The maximum absolute atomic E-state index is 5.28. The van der Waals surface area contributed by atoms with E-state index in [0.717, 1.165) is 5.12 Å². The molecule has 2 N–H and O–H groups in total. The van der Waals surface area contributed by atoms with Gasteiger partial charge in [-0.2, -0.15) is 10.2 Å². The number of nitrogens with zero attached hydrogens (tertiary/aromatic N) is 3. The van der Waals surface area contributed by atoms with Crippen LogP contribution in [-0.2, 0) is 0 Å². The van der Waals surface area contributed by atoms with Crippen LogP contribution in [0.3, 0.4) is 0 Å². The van der Waals surface area contributed by atoms with E-state index >= 15 is 0 Å². The highest BCUT2D eigenvalue weighted by molar-refractivity contribution is 4.81. The summed E-state index contributed by atoms with van der Waals surface area (Å²) in [6, 6.07) is 0. The van der Waals surface area contributed by atoms with Crippen molar-refractivity contribution in [3.8, 4) is 0 Å². The molecule has 0 bridgehead atoms. The van der Waals surface area contributed by atoms with Crippen LogP contribution in [0.4, 0.5) is 0 Å². The van der Waals surface area contributed by atoms with Gasteiger partial charge in [-0.1, -0.05) is 11.8 Å². The molecular formula is C5H12N4. The van der Waals surface area contributed by atoms with Crippen molar-refractivity contribution in [1.82, 2.24) is 5.12 Å². The van der Waals surface area contributed by atoms with Gasteiger partial charge in [0.25, 0.3) is 0 Å². The second kappa shape index (κ2) is 4.03. The molecule has 0 aliphatic heterocycles. The van der Waals surface area contributed by atoms with E-state index in [0.29, 0.717) is 12.2 Å². The smallest absolute Gasteiger partial charge is 0.0592 e. The fraction of sp³-hybridized carbons (Fsp3) is 0.600. The van der Waals surface area contributed by atoms with E-state index in [2.05, 4.69) is 16.9 Å². The molecule has 0 aliphatic carbocycles. The zero-order chi connectivity index (χ0) is 7.28. The fourth-order valence-electron chi connectivity index (χ4n) is 0.208. The quantitative estimate of drug-likeness (QED) is 0.351. The molecule has 4 nitrogen and oxygen atoms in total. The van der Waals surface area contributed by atoms with Crippen LogP contribution in [0.15, 0.2) is 22.6 Å².